The van der Waals surface area contributed by atoms with Crippen LogP contribution in [-0.2, 0) is 0 Å². The van der Waals surface area contributed by atoms with Crippen LogP contribution in [0.1, 0.15) is 44.6 Å². The highest BCUT2D eigenvalue weighted by Gasteiger charge is 2.28. The maximum atomic E-state index is 5.73. The van der Waals surface area contributed by atoms with Gasteiger partial charge in [0.15, 0.2) is 0 Å². The first-order valence-corrected chi connectivity index (χ1v) is 6.04. The summed E-state index contributed by atoms with van der Waals surface area (Å²) in [7, 11) is 0. The van der Waals surface area contributed by atoms with Crippen molar-refractivity contribution in [3.8, 4) is 0 Å². The molecule has 0 bridgehead atoms. The van der Waals surface area contributed by atoms with Crippen LogP contribution in [0.2, 0.25) is 0 Å². The molecule has 0 radical (unpaired) electrons. The van der Waals surface area contributed by atoms with Gasteiger partial charge in [0.2, 0.25) is 0 Å². The molecule has 1 nitrogen and oxygen atoms in total. The minimum Gasteiger partial charge on any atom is -0.399 e. The number of rotatable bonds is 1. The van der Waals surface area contributed by atoms with Crippen LogP contribution in [0, 0.1) is 11.8 Å². The summed E-state index contributed by atoms with van der Waals surface area (Å²) in [5.41, 5.74) is 8.07. The highest BCUT2D eigenvalue weighted by Crippen LogP contribution is 2.41. The van der Waals surface area contributed by atoms with Gasteiger partial charge in [0, 0.05) is 5.69 Å². The monoisotopic (exact) mass is 203 g/mol. The van der Waals surface area contributed by atoms with Gasteiger partial charge in [-0.1, -0.05) is 45.2 Å². The second-order valence-corrected chi connectivity index (χ2v) is 5.08. The Hall–Kier alpha value is -0.980. The van der Waals surface area contributed by atoms with Gasteiger partial charge >= 0.3 is 0 Å². The topological polar surface area (TPSA) is 26.0 Å². The average Bonchev–Trinajstić information content (AvgIpc) is 2.20. The molecule has 0 aromatic heterocycles. The van der Waals surface area contributed by atoms with Gasteiger partial charge in [0.05, 0.1) is 0 Å². The molecule has 2 atom stereocenters. The van der Waals surface area contributed by atoms with E-state index < -0.39 is 0 Å². The zero-order valence-corrected chi connectivity index (χ0v) is 9.74. The van der Waals surface area contributed by atoms with E-state index in [2.05, 4.69) is 26.0 Å². The van der Waals surface area contributed by atoms with E-state index in [0.717, 1.165) is 23.4 Å². The molecule has 1 aliphatic rings. The Labute approximate surface area is 92.7 Å². The van der Waals surface area contributed by atoms with Crippen molar-refractivity contribution in [3.05, 3.63) is 29.8 Å². The van der Waals surface area contributed by atoms with Crippen molar-refractivity contribution in [1.82, 2.24) is 0 Å². The van der Waals surface area contributed by atoms with Crippen LogP contribution >= 0.6 is 0 Å². The Balaban J connectivity index is 2.23. The third-order valence-electron chi connectivity index (χ3n) is 3.87. The lowest BCUT2D eigenvalue weighted by molar-refractivity contribution is 0.249. The fourth-order valence-corrected chi connectivity index (χ4v) is 3.06. The fraction of sp³-hybridized carbons (Fsp3) is 0.571. The predicted molar refractivity (Wildman–Crippen MR) is 65.8 cm³/mol. The number of anilines is 1. The molecule has 0 spiro atoms. The lowest BCUT2D eigenvalue weighted by atomic mass is 9.70. The highest BCUT2D eigenvalue weighted by molar-refractivity contribution is 5.40. The second kappa shape index (κ2) is 4.26. The summed E-state index contributed by atoms with van der Waals surface area (Å²) in [6.45, 7) is 4.77. The summed E-state index contributed by atoms with van der Waals surface area (Å²) in [5.74, 6) is 2.37. The maximum absolute atomic E-state index is 5.73. The minimum absolute atomic E-state index is 0.736. The van der Waals surface area contributed by atoms with Gasteiger partial charge in [-0.25, -0.2) is 0 Å². The van der Waals surface area contributed by atoms with Crippen LogP contribution in [0.4, 0.5) is 5.69 Å². The van der Waals surface area contributed by atoms with Gasteiger partial charge < -0.3 is 5.73 Å². The molecule has 1 aliphatic carbocycles. The van der Waals surface area contributed by atoms with E-state index in [1.807, 2.05) is 12.1 Å². The fourth-order valence-electron chi connectivity index (χ4n) is 3.06. The summed E-state index contributed by atoms with van der Waals surface area (Å²) < 4.78 is 0. The van der Waals surface area contributed by atoms with Crippen molar-refractivity contribution < 1.29 is 0 Å². The normalized spacial score (nSPS) is 31.5. The first-order chi connectivity index (χ1) is 7.18. The molecule has 1 fully saturated rings. The third-order valence-corrected chi connectivity index (χ3v) is 3.87. The Morgan fingerprint density at radius 3 is 2.07 bits per heavy atom. The summed E-state index contributed by atoms with van der Waals surface area (Å²) in [6, 6.07) is 8.48. The first-order valence-electron chi connectivity index (χ1n) is 6.04. The molecule has 15 heavy (non-hydrogen) atoms. The highest BCUT2D eigenvalue weighted by atomic mass is 14.5. The van der Waals surface area contributed by atoms with Gasteiger partial charge in [-0.2, -0.15) is 0 Å². The molecule has 0 amide bonds. The third kappa shape index (κ3) is 2.17. The molecule has 82 valence electrons. The van der Waals surface area contributed by atoms with Crippen molar-refractivity contribution in [3.63, 3.8) is 0 Å². The molecule has 0 heterocycles. The van der Waals surface area contributed by atoms with Crippen LogP contribution in [-0.4, -0.2) is 0 Å². The number of nitrogen functional groups attached to an aromatic ring is 1. The van der Waals surface area contributed by atoms with Crippen molar-refractivity contribution in [2.75, 3.05) is 5.73 Å². The van der Waals surface area contributed by atoms with E-state index >= 15 is 0 Å². The van der Waals surface area contributed by atoms with Crippen LogP contribution in [0.25, 0.3) is 0 Å². The van der Waals surface area contributed by atoms with Crippen molar-refractivity contribution >= 4 is 5.69 Å². The van der Waals surface area contributed by atoms with E-state index in [1.165, 1.54) is 24.8 Å². The SMILES string of the molecule is CC1CCCC(C)C1c1ccc(N)cc1. The lowest BCUT2D eigenvalue weighted by Gasteiger charge is -2.35. The van der Waals surface area contributed by atoms with Crippen LogP contribution < -0.4 is 5.73 Å². The van der Waals surface area contributed by atoms with E-state index in [-0.39, 0.29) is 0 Å². The standard InChI is InChI=1S/C14H21N/c1-10-4-3-5-11(2)14(10)12-6-8-13(15)9-7-12/h6-11,14H,3-5,15H2,1-2H3. The van der Waals surface area contributed by atoms with Gasteiger partial charge in [-0.15, -0.1) is 0 Å². The molecule has 1 aromatic rings. The summed E-state index contributed by atoms with van der Waals surface area (Å²) in [4.78, 5) is 0. The van der Waals surface area contributed by atoms with Gasteiger partial charge in [0.25, 0.3) is 0 Å². The second-order valence-electron chi connectivity index (χ2n) is 5.08. The zero-order chi connectivity index (χ0) is 10.8. The van der Waals surface area contributed by atoms with Crippen molar-refractivity contribution in [2.45, 2.75) is 39.0 Å². The molecular weight excluding hydrogens is 182 g/mol. The minimum atomic E-state index is 0.736. The molecular formula is C14H21N. The van der Waals surface area contributed by atoms with Crippen molar-refractivity contribution in [2.24, 2.45) is 11.8 Å². The van der Waals surface area contributed by atoms with Crippen molar-refractivity contribution in [1.29, 1.82) is 0 Å². The Bertz CT molecular complexity index is 305. The van der Waals surface area contributed by atoms with Gasteiger partial charge in [0.1, 0.15) is 0 Å². The van der Waals surface area contributed by atoms with E-state index in [9.17, 15) is 0 Å². The van der Waals surface area contributed by atoms with Gasteiger partial charge in [-0.05, 0) is 35.4 Å². The van der Waals surface area contributed by atoms with Crippen LogP contribution in [0.3, 0.4) is 0 Å². The molecule has 1 saturated carbocycles. The summed E-state index contributed by atoms with van der Waals surface area (Å²) in [6.07, 6.45) is 4.15. The molecule has 0 saturated heterocycles. The molecule has 2 rings (SSSR count). The quantitative estimate of drug-likeness (QED) is 0.690. The zero-order valence-electron chi connectivity index (χ0n) is 9.74. The number of benzene rings is 1. The number of hydrogen-bond donors (Lipinski definition) is 1. The summed E-state index contributed by atoms with van der Waals surface area (Å²) >= 11 is 0. The molecule has 1 heteroatoms. The predicted octanol–water partition coefficient (Wildman–Crippen LogP) is 3.81. The van der Waals surface area contributed by atoms with E-state index in [1.54, 1.807) is 0 Å². The van der Waals surface area contributed by atoms with Crippen LogP contribution in [0.15, 0.2) is 24.3 Å². The Kier molecular flexibility index (Phi) is 2.99. The van der Waals surface area contributed by atoms with E-state index in [4.69, 9.17) is 5.73 Å². The molecule has 2 unspecified atom stereocenters. The maximum Gasteiger partial charge on any atom is 0.0314 e. The van der Waals surface area contributed by atoms with Crippen LogP contribution in [0.5, 0.6) is 0 Å². The number of nitrogens with two attached hydrogens (primary N) is 1. The largest absolute Gasteiger partial charge is 0.399 e. The Morgan fingerprint density at radius 1 is 1.00 bits per heavy atom. The Morgan fingerprint density at radius 2 is 1.53 bits per heavy atom. The smallest absolute Gasteiger partial charge is 0.0314 e. The average molecular weight is 203 g/mol. The molecule has 0 aliphatic heterocycles. The first kappa shape index (κ1) is 10.5. The summed E-state index contributed by atoms with van der Waals surface area (Å²) in [5, 5.41) is 0. The lowest BCUT2D eigenvalue weighted by Crippen LogP contribution is -2.22. The van der Waals surface area contributed by atoms with E-state index in [0.29, 0.717) is 0 Å². The number of hydrogen-bond acceptors (Lipinski definition) is 1. The molecule has 1 aromatic carbocycles. The van der Waals surface area contributed by atoms with Gasteiger partial charge in [-0.3, -0.25) is 0 Å². The molecule has 2 N–H and O–H groups in total.